The molecule has 3 saturated carbocycles. The van der Waals surface area contributed by atoms with Crippen molar-refractivity contribution < 1.29 is 180 Å². The molecule has 4 fully saturated rings. The van der Waals surface area contributed by atoms with E-state index in [9.17, 15) is 81.2 Å². The Kier molecular flexibility index (Phi) is 42.1. The van der Waals surface area contributed by atoms with Gasteiger partial charge in [0, 0.05) is 72.4 Å². The lowest BCUT2D eigenvalue weighted by Crippen LogP contribution is -2.70. The Hall–Kier alpha value is -8.12. The first kappa shape index (κ1) is 103. The van der Waals surface area contributed by atoms with Crippen molar-refractivity contribution in [2.45, 2.75) is 107 Å². The lowest BCUT2D eigenvalue weighted by Gasteiger charge is -2.63. The summed E-state index contributed by atoms with van der Waals surface area (Å²) in [5.74, 6) is -12.3. The maximum atomic E-state index is 18.1. The number of aryl methyl sites for hydroxylation is 1. The van der Waals surface area contributed by atoms with Crippen LogP contribution in [0.5, 0.6) is 0 Å². The molecule has 0 spiro atoms. The molecule has 9 N–H and O–H groups in total. The minimum atomic E-state index is -6.04. The minimum absolute atomic E-state index is 0.0338. The molecule has 46 heteroatoms. The predicted octanol–water partition coefficient (Wildman–Crippen LogP) is 1.26. The van der Waals surface area contributed by atoms with Crippen LogP contribution in [0.3, 0.4) is 0 Å². The van der Waals surface area contributed by atoms with E-state index in [4.69, 9.17) is 85.6 Å². The number of carboxylic acid groups (broad SMARTS) is 2. The van der Waals surface area contributed by atoms with Crippen LogP contribution in [0.15, 0.2) is 78.4 Å². The van der Waals surface area contributed by atoms with Gasteiger partial charge in [0.15, 0.2) is 29.1 Å². The molecule has 126 heavy (non-hydrogen) atoms. The van der Waals surface area contributed by atoms with Crippen molar-refractivity contribution in [3.8, 4) is 0 Å². The molecule has 8 rings (SSSR count). The van der Waals surface area contributed by atoms with E-state index < -0.39 is 197 Å². The number of ether oxygens (including phenoxy) is 14. The van der Waals surface area contributed by atoms with Gasteiger partial charge in [0.1, 0.15) is 24.6 Å². The van der Waals surface area contributed by atoms with Gasteiger partial charge in [-0.3, -0.25) is 57.0 Å². The van der Waals surface area contributed by atoms with Crippen LogP contribution in [0.1, 0.15) is 86.6 Å². The van der Waals surface area contributed by atoms with E-state index in [1.165, 1.54) is 50.3 Å². The number of allylic oxidation sites excluding steroid dienone is 4. The molecule has 702 valence electrons. The monoisotopic (exact) mass is 1830 g/mol. The van der Waals surface area contributed by atoms with Crippen molar-refractivity contribution >= 4 is 86.2 Å². The third-order valence-electron chi connectivity index (χ3n) is 21.4. The van der Waals surface area contributed by atoms with Gasteiger partial charge in [0.25, 0.3) is 25.5 Å². The Bertz CT molecular complexity index is 4190. The van der Waals surface area contributed by atoms with E-state index in [0.717, 1.165) is 41.3 Å². The van der Waals surface area contributed by atoms with E-state index in [0.29, 0.717) is 119 Å². The molecule has 2 unspecified atom stereocenters. The number of rotatable bonds is 64. The molecule has 1 saturated heterocycles. The molecule has 0 bridgehead atoms. The van der Waals surface area contributed by atoms with Crippen LogP contribution in [0.2, 0.25) is 0 Å². The second kappa shape index (κ2) is 51.3. The molecular formula is C80H110F3N6O35P2-. The molecule has 13 atom stereocenters. The number of phosphoric acid groups is 2. The number of fused-ring (bicyclic) bond motifs is 7. The number of aliphatic hydroxyl groups excluding tert-OH is 1. The topological polar surface area (TPSA) is 546 Å². The van der Waals surface area contributed by atoms with Gasteiger partial charge in [-0.05, 0) is 92.5 Å². The molecule has 0 radical (unpaired) electrons. The van der Waals surface area contributed by atoms with Crippen LogP contribution in [0.25, 0.3) is 0 Å². The largest absolute Gasteiger partial charge is 0.756 e. The summed E-state index contributed by atoms with van der Waals surface area (Å²) in [5.41, 5.74) is -8.58. The molecule has 2 aliphatic heterocycles. The minimum Gasteiger partial charge on any atom is -0.756 e. The average Bonchev–Trinajstić information content (AvgIpc) is 1.45. The van der Waals surface area contributed by atoms with Gasteiger partial charge >= 0.3 is 19.8 Å². The van der Waals surface area contributed by atoms with Crippen LogP contribution < -0.4 is 36.4 Å². The van der Waals surface area contributed by atoms with Crippen molar-refractivity contribution in [3.63, 3.8) is 0 Å². The van der Waals surface area contributed by atoms with Gasteiger partial charge in [-0.2, -0.15) is 0 Å². The molecule has 2 aromatic rings. The highest BCUT2D eigenvalue weighted by Crippen LogP contribution is 2.73. The summed E-state index contributed by atoms with van der Waals surface area (Å²) in [4.78, 5) is 163. The summed E-state index contributed by atoms with van der Waals surface area (Å²) in [6.07, 6.45) is -3.99. The number of carbonyl (C=O) groups is 11. The zero-order valence-corrected chi connectivity index (χ0v) is 71.5. The van der Waals surface area contributed by atoms with Crippen molar-refractivity contribution in [1.82, 2.24) is 26.6 Å². The van der Waals surface area contributed by atoms with Crippen LogP contribution in [-0.2, 0) is 143 Å². The third kappa shape index (κ3) is 30.5. The Labute approximate surface area is 723 Å². The van der Waals surface area contributed by atoms with E-state index in [-0.39, 0.29) is 113 Å². The zero-order chi connectivity index (χ0) is 91.3. The van der Waals surface area contributed by atoms with Crippen molar-refractivity contribution in [3.05, 3.63) is 101 Å². The van der Waals surface area contributed by atoms with Crippen molar-refractivity contribution in [2.75, 3.05) is 203 Å². The highest BCUT2D eigenvalue weighted by atomic mass is 31.3. The first-order valence-electron chi connectivity index (χ1n) is 40.9. The summed E-state index contributed by atoms with van der Waals surface area (Å²) >= 11 is 0. The number of aliphatic hydroxyl groups is 1. The van der Waals surface area contributed by atoms with Gasteiger partial charge in [-0.25, -0.2) is 31.7 Å². The van der Waals surface area contributed by atoms with Crippen molar-refractivity contribution in [2.24, 2.45) is 22.7 Å². The number of alkyl halides is 2. The molecule has 41 nitrogen and oxygen atoms in total. The van der Waals surface area contributed by atoms with E-state index >= 15 is 8.78 Å². The number of nitrogens with one attached hydrogen (secondary N) is 5. The molecular weight excluding hydrogens is 1720 g/mol. The number of carboxylic acids is 2. The first-order valence-corrected chi connectivity index (χ1v) is 43.9. The molecule has 7 amide bonds. The second-order valence-corrected chi connectivity index (χ2v) is 32.8. The highest BCUT2D eigenvalue weighted by molar-refractivity contribution is 7.60. The lowest BCUT2D eigenvalue weighted by molar-refractivity contribution is -0.237. The molecule has 4 aliphatic carbocycles. The number of Topliss-reactive ketones (excluding diaryl/α,β-unsaturated/α-hetero) is 1. The maximum Gasteiger partial charge on any atom is 0.478 e. The number of ketones is 2. The molecule has 6 aliphatic rings. The molecule has 2 aromatic carbocycles. The van der Waals surface area contributed by atoms with Gasteiger partial charge in [0.2, 0.25) is 23.6 Å². The normalized spacial score (nSPS) is 24.0. The van der Waals surface area contributed by atoms with E-state index in [1.807, 2.05) is 0 Å². The SMILES string of the molecule is C[C@]12C=CC(=O)C=C1[C@@H](F)C[C@H]1[C@@H]3C[C@H]4O[C@@H](c5cccc(F)c5)O[C@@]4(C(=O)COP(=O)([O-])OP(=O)(O)OCCNC(=O)CCc4ccc(N5C(=O)C=CC5=O)cc4C(=O)NCC(=O)NCC(=O)NCCOCCOCCOCCOCCOCCOCCOCCOCCOCCOCCOCCOCCC(=O)N[C@@H](CCC(=O)O)C(=O)O)[C@@]3(C)C[C@H](O)[C@@]12F. The number of hydrogen-bond acceptors (Lipinski definition) is 32. The third-order valence-corrected chi connectivity index (χ3v) is 24.0. The molecule has 0 aromatic heterocycles. The fourth-order valence-corrected chi connectivity index (χ4v) is 17.4. The Morgan fingerprint density at radius 2 is 1.13 bits per heavy atom. The number of carbonyl (C=O) groups excluding carboxylic acids is 9. The smallest absolute Gasteiger partial charge is 0.478 e. The predicted molar refractivity (Wildman–Crippen MR) is 426 cm³/mol. The number of halogens is 3. The van der Waals surface area contributed by atoms with Gasteiger partial charge < -0.3 is 123 Å². The standard InChI is InChI=1S/C80H111F3N6O35P2/c1-77-16-14-57(90)46-61(77)62(82)47-60-59-48-66-80(78(59,2)49-64(91)79(60,77)83,123-76(122-66)54-4-3-5-55(81)44-54)65(92)52-121-126(106,107)124-125(104,105)120-21-18-84-67(93)10-7-53-6-8-56(89-71(97)11-12-72(89)98)45-58(53)74(101)87-51-70(96)86-50-69(95)85-17-20-109-23-25-111-27-29-113-31-33-115-35-37-117-39-41-119-43-42-118-40-38-116-36-34-114-32-30-112-28-26-110-24-22-108-19-15-68(94)88-63(75(102)103)9-13-73(99)100/h3-6,8,11-12,14,16,44-46,59-60,62-64,66,76,91H,7,9-10,13,15,17-43,47-52H2,1-2H3,(H,84,93)(H,85,95)(H,86,96)(H,87,101)(H,88,94)(H,99,100)(H,102,103)(H,104,105)(H,106,107)/p-1/t59-,60-,62-,63-,64-,66+,76+,77-,78-,79-,80+/m0/s1. The van der Waals surface area contributed by atoms with Gasteiger partial charge in [-0.1, -0.05) is 31.2 Å². The number of hydrogen-bond donors (Lipinski definition) is 9. The summed E-state index contributed by atoms with van der Waals surface area (Å²) < 4.78 is 167. The van der Waals surface area contributed by atoms with Gasteiger partial charge in [0.05, 0.1) is 196 Å². The van der Waals surface area contributed by atoms with E-state index in [1.54, 1.807) is 0 Å². The van der Waals surface area contributed by atoms with Crippen LogP contribution >= 0.6 is 15.6 Å². The number of aliphatic carboxylic acids is 2. The number of anilines is 1. The van der Waals surface area contributed by atoms with Crippen LogP contribution in [-0.4, -0.2) is 319 Å². The van der Waals surface area contributed by atoms with E-state index in [2.05, 4.69) is 30.9 Å². The van der Waals surface area contributed by atoms with Crippen LogP contribution in [0, 0.1) is 28.5 Å². The Balaban J connectivity index is 0.607. The van der Waals surface area contributed by atoms with Crippen LogP contribution in [0.4, 0.5) is 18.9 Å². The highest BCUT2D eigenvalue weighted by Gasteiger charge is 2.80. The lowest BCUT2D eigenvalue weighted by atomic mass is 9.44. The Morgan fingerprint density at radius 1 is 0.611 bits per heavy atom. The fourth-order valence-electron chi connectivity index (χ4n) is 15.4. The number of phosphoric ester groups is 2. The number of imide groups is 1. The Morgan fingerprint density at radius 3 is 1.67 bits per heavy atom. The number of amides is 7. The fraction of sp³-hybridized carbons (Fsp3) is 0.637. The second-order valence-electron chi connectivity index (χ2n) is 29.8. The number of nitrogens with zero attached hydrogens (tertiary/aromatic N) is 1. The summed E-state index contributed by atoms with van der Waals surface area (Å²) in [6.45, 7) is 6.53. The summed E-state index contributed by atoms with van der Waals surface area (Å²) in [6, 6.07) is 7.50. The number of benzene rings is 2. The van der Waals surface area contributed by atoms with Gasteiger partial charge in [-0.15, -0.1) is 0 Å². The summed E-state index contributed by atoms with van der Waals surface area (Å²) in [5, 5.41) is 41.8. The zero-order valence-electron chi connectivity index (χ0n) is 69.8. The summed E-state index contributed by atoms with van der Waals surface area (Å²) in [7, 11) is -11.7. The quantitative estimate of drug-likeness (QED) is 0.0256. The first-order chi connectivity index (χ1) is 60.2. The maximum absolute atomic E-state index is 18.1. The van der Waals surface area contributed by atoms with Crippen molar-refractivity contribution in [1.29, 1.82) is 0 Å². The molecule has 2 heterocycles. The average molecular weight is 1830 g/mol.